The first-order chi connectivity index (χ1) is 10.2. The first kappa shape index (κ1) is 12.7. The van der Waals surface area contributed by atoms with Gasteiger partial charge in [-0.15, -0.1) is 0 Å². The van der Waals surface area contributed by atoms with Crippen molar-refractivity contribution in [1.29, 1.82) is 0 Å². The predicted molar refractivity (Wildman–Crippen MR) is 69.3 cm³/mol. The topological polar surface area (TPSA) is 118 Å². The molecule has 1 aliphatic rings. The van der Waals surface area contributed by atoms with Gasteiger partial charge in [0, 0.05) is 6.20 Å². The van der Waals surface area contributed by atoms with E-state index in [-0.39, 0.29) is 6.61 Å². The van der Waals surface area contributed by atoms with E-state index in [1.807, 2.05) is 0 Å². The maximum absolute atomic E-state index is 10.1. The van der Waals surface area contributed by atoms with E-state index in [0.717, 1.165) is 5.39 Å². The fourth-order valence-electron chi connectivity index (χ4n) is 2.70. The van der Waals surface area contributed by atoms with Gasteiger partial charge in [0.2, 0.25) is 0 Å². The number of hydrogen-bond donors (Lipinski definition) is 3. The van der Waals surface area contributed by atoms with Gasteiger partial charge >= 0.3 is 0 Å². The number of nitrogens with zero attached hydrogens (tertiary/aromatic N) is 5. The fraction of sp³-hybridized carbons (Fsp3) is 0.417. The number of ether oxygens (including phenoxy) is 1. The van der Waals surface area contributed by atoms with Crippen molar-refractivity contribution in [3.05, 3.63) is 24.9 Å². The van der Waals surface area contributed by atoms with Crippen molar-refractivity contribution in [2.45, 2.75) is 24.5 Å². The van der Waals surface area contributed by atoms with Crippen molar-refractivity contribution in [2.75, 3.05) is 6.61 Å². The quantitative estimate of drug-likeness (QED) is 0.536. The number of hydrogen-bond acceptors (Lipinski definition) is 7. The zero-order chi connectivity index (χ0) is 14.6. The summed E-state index contributed by atoms with van der Waals surface area (Å²) in [6.45, 7) is -0.365. The highest BCUT2D eigenvalue weighted by atomic mass is 16.6. The van der Waals surface area contributed by atoms with Crippen LogP contribution >= 0.6 is 0 Å². The van der Waals surface area contributed by atoms with E-state index in [1.54, 1.807) is 21.3 Å². The standard InChI is InChI=1S/C12H13N5O4/c18-3-7-8(19)9(20)12(21-7)16-2-1-6-10(16)14-5-17-11(6)13-4-15-17/h1-2,4-5,7-9,12,18-20H,3H2/t7-,8+,9+,12-/m0/s1. The van der Waals surface area contributed by atoms with Crippen LogP contribution in [0.1, 0.15) is 6.23 Å². The molecule has 0 aliphatic carbocycles. The normalized spacial score (nSPS) is 29.7. The molecule has 0 amide bonds. The van der Waals surface area contributed by atoms with Crippen molar-refractivity contribution >= 4 is 16.7 Å². The number of fused-ring (bicyclic) bond motifs is 3. The number of aromatic nitrogens is 5. The summed E-state index contributed by atoms with van der Waals surface area (Å²) in [5, 5.41) is 33.9. The molecule has 0 spiro atoms. The summed E-state index contributed by atoms with van der Waals surface area (Å²) >= 11 is 0. The van der Waals surface area contributed by atoms with E-state index in [1.165, 1.54) is 12.7 Å². The third-order valence-electron chi connectivity index (χ3n) is 3.78. The van der Waals surface area contributed by atoms with Crippen molar-refractivity contribution in [3.8, 4) is 0 Å². The van der Waals surface area contributed by atoms with Crippen LogP contribution in [0.15, 0.2) is 24.9 Å². The van der Waals surface area contributed by atoms with Gasteiger partial charge in [-0.3, -0.25) is 0 Å². The molecule has 1 fully saturated rings. The first-order valence-corrected chi connectivity index (χ1v) is 6.48. The average Bonchev–Trinajstić information content (AvgIpc) is 3.17. The Morgan fingerprint density at radius 1 is 1.19 bits per heavy atom. The molecule has 9 heteroatoms. The molecule has 0 bridgehead atoms. The Hall–Kier alpha value is -2.07. The highest BCUT2D eigenvalue weighted by Crippen LogP contribution is 2.32. The Balaban J connectivity index is 1.84. The highest BCUT2D eigenvalue weighted by Gasteiger charge is 2.43. The number of rotatable bonds is 2. The van der Waals surface area contributed by atoms with Gasteiger partial charge in [0.15, 0.2) is 11.9 Å². The minimum Gasteiger partial charge on any atom is -0.394 e. The van der Waals surface area contributed by atoms with Crippen LogP contribution in [-0.4, -0.2) is 64.4 Å². The Morgan fingerprint density at radius 2 is 2.05 bits per heavy atom. The number of aliphatic hydroxyl groups excluding tert-OH is 3. The Bertz CT molecular complexity index is 799. The van der Waals surface area contributed by atoms with Crippen molar-refractivity contribution in [2.24, 2.45) is 0 Å². The van der Waals surface area contributed by atoms with Gasteiger partial charge in [0.25, 0.3) is 0 Å². The summed E-state index contributed by atoms with van der Waals surface area (Å²) in [5.74, 6) is 0. The summed E-state index contributed by atoms with van der Waals surface area (Å²) in [6.07, 6.45) is 0.727. The van der Waals surface area contributed by atoms with E-state index in [2.05, 4.69) is 15.1 Å². The van der Waals surface area contributed by atoms with Crippen molar-refractivity contribution in [3.63, 3.8) is 0 Å². The van der Waals surface area contributed by atoms with E-state index in [0.29, 0.717) is 11.3 Å². The monoisotopic (exact) mass is 291 g/mol. The molecule has 4 heterocycles. The van der Waals surface area contributed by atoms with E-state index in [9.17, 15) is 10.2 Å². The molecule has 3 aromatic heterocycles. The smallest absolute Gasteiger partial charge is 0.168 e. The molecule has 21 heavy (non-hydrogen) atoms. The van der Waals surface area contributed by atoms with Crippen LogP contribution in [0.3, 0.4) is 0 Å². The van der Waals surface area contributed by atoms with Crippen LogP contribution in [0.4, 0.5) is 0 Å². The second-order valence-electron chi connectivity index (χ2n) is 4.96. The van der Waals surface area contributed by atoms with E-state index >= 15 is 0 Å². The second-order valence-corrected chi connectivity index (χ2v) is 4.96. The molecule has 9 nitrogen and oxygen atoms in total. The molecule has 0 aromatic carbocycles. The maximum atomic E-state index is 10.1. The Kier molecular flexibility index (Phi) is 2.69. The van der Waals surface area contributed by atoms with Gasteiger partial charge in [-0.2, -0.15) is 5.10 Å². The fourth-order valence-corrected chi connectivity index (χ4v) is 2.70. The molecule has 110 valence electrons. The van der Waals surface area contributed by atoms with Crippen LogP contribution in [0.5, 0.6) is 0 Å². The second kappa shape index (κ2) is 4.46. The van der Waals surface area contributed by atoms with E-state index < -0.39 is 24.5 Å². The molecule has 1 saturated heterocycles. The van der Waals surface area contributed by atoms with Crippen molar-refractivity contribution < 1.29 is 20.1 Å². The van der Waals surface area contributed by atoms with Gasteiger partial charge in [0.1, 0.15) is 36.6 Å². The zero-order valence-electron chi connectivity index (χ0n) is 10.8. The molecule has 0 radical (unpaired) electrons. The largest absolute Gasteiger partial charge is 0.394 e. The summed E-state index contributed by atoms with van der Waals surface area (Å²) in [7, 11) is 0. The van der Waals surface area contributed by atoms with E-state index in [4.69, 9.17) is 9.84 Å². The lowest BCUT2D eigenvalue weighted by Crippen LogP contribution is -2.33. The van der Waals surface area contributed by atoms with Gasteiger partial charge in [-0.05, 0) is 6.07 Å². The molecule has 3 N–H and O–H groups in total. The maximum Gasteiger partial charge on any atom is 0.168 e. The van der Waals surface area contributed by atoms with Crippen LogP contribution < -0.4 is 0 Å². The van der Waals surface area contributed by atoms with Crippen LogP contribution in [-0.2, 0) is 4.74 Å². The van der Waals surface area contributed by atoms with Gasteiger partial charge in [-0.25, -0.2) is 14.5 Å². The molecule has 4 rings (SSSR count). The SMILES string of the molecule is OC[C@@H]1O[C@H](n2ccc3c2ncn2ncnc32)[C@H](O)[C@@H]1O. The average molecular weight is 291 g/mol. The molecule has 0 unspecified atom stereocenters. The predicted octanol–water partition coefficient (Wildman–Crippen LogP) is -1.31. The van der Waals surface area contributed by atoms with Crippen LogP contribution in [0.2, 0.25) is 0 Å². The minimum absolute atomic E-state index is 0.365. The molecule has 4 atom stereocenters. The zero-order valence-corrected chi connectivity index (χ0v) is 10.8. The molecule has 1 aliphatic heterocycles. The minimum atomic E-state index is -1.14. The molecular weight excluding hydrogens is 278 g/mol. The van der Waals surface area contributed by atoms with Gasteiger partial charge < -0.3 is 24.6 Å². The highest BCUT2D eigenvalue weighted by molar-refractivity contribution is 5.89. The Labute approximate surface area is 118 Å². The summed E-state index contributed by atoms with van der Waals surface area (Å²) in [6, 6.07) is 1.79. The summed E-state index contributed by atoms with van der Waals surface area (Å²) < 4.78 is 8.68. The third-order valence-corrected chi connectivity index (χ3v) is 3.78. The molecule has 0 saturated carbocycles. The molecule has 3 aromatic rings. The third kappa shape index (κ3) is 1.69. The lowest BCUT2D eigenvalue weighted by Gasteiger charge is -2.17. The van der Waals surface area contributed by atoms with Gasteiger partial charge in [-0.1, -0.05) is 0 Å². The van der Waals surface area contributed by atoms with Crippen LogP contribution in [0.25, 0.3) is 16.7 Å². The molecular formula is C12H13N5O4. The van der Waals surface area contributed by atoms with Gasteiger partial charge in [0.05, 0.1) is 12.0 Å². The lowest BCUT2D eigenvalue weighted by atomic mass is 10.1. The summed E-state index contributed by atoms with van der Waals surface area (Å²) in [5.41, 5.74) is 1.20. The Morgan fingerprint density at radius 3 is 2.81 bits per heavy atom. The van der Waals surface area contributed by atoms with Crippen molar-refractivity contribution in [1.82, 2.24) is 24.1 Å². The summed E-state index contributed by atoms with van der Waals surface area (Å²) in [4.78, 5) is 8.44. The van der Waals surface area contributed by atoms with Crippen LogP contribution in [0, 0.1) is 0 Å². The lowest BCUT2D eigenvalue weighted by molar-refractivity contribution is -0.0508. The first-order valence-electron chi connectivity index (χ1n) is 6.48. The number of aliphatic hydroxyl groups is 3.